The van der Waals surface area contributed by atoms with Crippen LogP contribution in [0.3, 0.4) is 0 Å². The van der Waals surface area contributed by atoms with Gasteiger partial charge in [0.25, 0.3) is 5.91 Å². The number of anilines is 1. The Kier molecular flexibility index (Phi) is 3.15. The van der Waals surface area contributed by atoms with Gasteiger partial charge < -0.3 is 4.74 Å². The van der Waals surface area contributed by atoms with E-state index in [2.05, 4.69) is 25.2 Å². The van der Waals surface area contributed by atoms with E-state index >= 15 is 0 Å². The fourth-order valence-electron chi connectivity index (χ4n) is 1.08. The molecule has 7 nitrogen and oxygen atoms in total. The molecule has 2 rings (SSSR count). The second-order valence-corrected chi connectivity index (χ2v) is 3.88. The Morgan fingerprint density at radius 3 is 3.00 bits per heavy atom. The summed E-state index contributed by atoms with van der Waals surface area (Å²) in [6.45, 7) is 0. The Labute approximate surface area is 99.8 Å². The van der Waals surface area contributed by atoms with Crippen LogP contribution in [0.25, 0.3) is 0 Å². The Balaban J connectivity index is 2.07. The van der Waals surface area contributed by atoms with Gasteiger partial charge in [0.1, 0.15) is 0 Å². The van der Waals surface area contributed by atoms with Crippen LogP contribution < -0.4 is 5.32 Å². The zero-order chi connectivity index (χ0) is 12.3. The number of carbonyl (C=O) groups excluding carboxylic acids is 2. The highest BCUT2D eigenvalue weighted by Gasteiger charge is 2.14. The van der Waals surface area contributed by atoms with Crippen LogP contribution in [0.4, 0.5) is 5.95 Å². The molecule has 0 fully saturated rings. The summed E-state index contributed by atoms with van der Waals surface area (Å²) in [6.07, 6.45) is 0. The van der Waals surface area contributed by atoms with Gasteiger partial charge in [0, 0.05) is 0 Å². The zero-order valence-corrected chi connectivity index (χ0v) is 9.58. The van der Waals surface area contributed by atoms with Crippen LogP contribution in [0.1, 0.15) is 20.3 Å². The summed E-state index contributed by atoms with van der Waals surface area (Å²) in [5, 5.41) is 10.3. The van der Waals surface area contributed by atoms with Crippen molar-refractivity contribution in [3.05, 3.63) is 28.2 Å². The highest BCUT2D eigenvalue weighted by Crippen LogP contribution is 2.10. The van der Waals surface area contributed by atoms with Crippen LogP contribution in [0.15, 0.2) is 17.5 Å². The molecule has 0 bridgehead atoms. The largest absolute Gasteiger partial charge is 0.463 e. The third kappa shape index (κ3) is 2.48. The molecule has 2 aromatic rings. The molecule has 1 amide bonds. The number of aromatic nitrogens is 3. The lowest BCUT2D eigenvalue weighted by molar-refractivity contribution is 0.0587. The van der Waals surface area contributed by atoms with Crippen molar-refractivity contribution < 1.29 is 14.3 Å². The molecule has 0 spiro atoms. The van der Waals surface area contributed by atoms with E-state index in [9.17, 15) is 9.59 Å². The van der Waals surface area contributed by atoms with Gasteiger partial charge in [-0.1, -0.05) is 6.07 Å². The summed E-state index contributed by atoms with van der Waals surface area (Å²) in [7, 11) is 1.23. The molecule has 0 aliphatic carbocycles. The lowest BCUT2D eigenvalue weighted by atomic mass is 10.4. The average Bonchev–Trinajstić information content (AvgIpc) is 2.98. The second-order valence-electron chi connectivity index (χ2n) is 2.93. The minimum atomic E-state index is -0.644. The summed E-state index contributed by atoms with van der Waals surface area (Å²) in [6, 6.07) is 3.44. The lowest BCUT2D eigenvalue weighted by Crippen LogP contribution is -2.11. The summed E-state index contributed by atoms with van der Waals surface area (Å²) in [5.74, 6) is -0.998. The summed E-state index contributed by atoms with van der Waals surface area (Å²) in [5.41, 5.74) is 0. The number of carbonyl (C=O) groups is 2. The predicted octanol–water partition coefficient (Wildman–Crippen LogP) is 0.905. The Bertz CT molecular complexity index is 534. The molecule has 0 atom stereocenters. The minimum absolute atomic E-state index is 0.0313. The van der Waals surface area contributed by atoms with Crippen molar-refractivity contribution >= 4 is 29.2 Å². The number of esters is 1. The molecule has 0 aromatic carbocycles. The fraction of sp³-hybridized carbons (Fsp3) is 0.111. The third-order valence-electron chi connectivity index (χ3n) is 1.83. The van der Waals surface area contributed by atoms with Gasteiger partial charge in [-0.25, -0.2) is 4.79 Å². The van der Waals surface area contributed by atoms with E-state index in [-0.39, 0.29) is 17.7 Å². The molecule has 0 aliphatic heterocycles. The van der Waals surface area contributed by atoms with Crippen molar-refractivity contribution in [1.82, 2.24) is 15.2 Å². The number of amides is 1. The highest BCUT2D eigenvalue weighted by atomic mass is 32.1. The molecule has 0 unspecified atom stereocenters. The second kappa shape index (κ2) is 4.74. The minimum Gasteiger partial charge on any atom is -0.463 e. The van der Waals surface area contributed by atoms with Gasteiger partial charge in [0.05, 0.1) is 12.0 Å². The number of hydrogen-bond donors (Lipinski definition) is 2. The number of nitrogens with zero attached hydrogens (tertiary/aromatic N) is 2. The maximum Gasteiger partial charge on any atom is 0.375 e. The molecule has 8 heteroatoms. The smallest absolute Gasteiger partial charge is 0.375 e. The van der Waals surface area contributed by atoms with E-state index in [1.165, 1.54) is 18.4 Å². The Morgan fingerprint density at radius 1 is 1.53 bits per heavy atom. The predicted molar refractivity (Wildman–Crippen MR) is 60.0 cm³/mol. The summed E-state index contributed by atoms with van der Waals surface area (Å²) < 4.78 is 4.44. The number of aromatic amines is 1. The Morgan fingerprint density at radius 2 is 2.35 bits per heavy atom. The van der Waals surface area contributed by atoms with Crippen molar-refractivity contribution in [2.75, 3.05) is 12.4 Å². The molecular formula is C9H8N4O3S. The number of nitrogens with one attached hydrogen (secondary N) is 2. The standard InChI is InChI=1S/C9H8N4O3S/c1-16-8(15)6-10-9(13-12-6)11-7(14)5-3-2-4-17-5/h2-4H,1H3,(H2,10,11,12,13,14). The average molecular weight is 252 g/mol. The van der Waals surface area contributed by atoms with Crippen LogP contribution in [-0.2, 0) is 4.74 Å². The van der Waals surface area contributed by atoms with E-state index < -0.39 is 5.97 Å². The maximum absolute atomic E-state index is 11.6. The number of hydrogen-bond acceptors (Lipinski definition) is 6. The van der Waals surface area contributed by atoms with E-state index in [4.69, 9.17) is 0 Å². The number of methoxy groups -OCH3 is 1. The topological polar surface area (TPSA) is 97.0 Å². The molecule has 88 valence electrons. The SMILES string of the molecule is COC(=O)c1nc(NC(=O)c2cccs2)n[nH]1. The highest BCUT2D eigenvalue weighted by molar-refractivity contribution is 7.12. The van der Waals surface area contributed by atoms with Crippen LogP contribution in [-0.4, -0.2) is 34.2 Å². The van der Waals surface area contributed by atoms with Crippen LogP contribution in [0.5, 0.6) is 0 Å². The number of thiophene rings is 1. The molecular weight excluding hydrogens is 244 g/mol. The quantitative estimate of drug-likeness (QED) is 0.791. The van der Waals surface area contributed by atoms with Crippen LogP contribution >= 0.6 is 11.3 Å². The first-order chi connectivity index (χ1) is 8.20. The fourth-order valence-corrected chi connectivity index (χ4v) is 1.70. The lowest BCUT2D eigenvalue weighted by Gasteiger charge is -1.96. The first kappa shape index (κ1) is 11.3. The van der Waals surface area contributed by atoms with Gasteiger partial charge in [-0.2, -0.15) is 4.98 Å². The van der Waals surface area contributed by atoms with Crippen LogP contribution in [0, 0.1) is 0 Å². The van der Waals surface area contributed by atoms with E-state index in [0.717, 1.165) is 0 Å². The molecule has 0 aliphatic rings. The van der Waals surface area contributed by atoms with Crippen LogP contribution in [0.2, 0.25) is 0 Å². The number of ether oxygens (including phenoxy) is 1. The first-order valence-corrected chi connectivity index (χ1v) is 5.44. The molecule has 2 N–H and O–H groups in total. The van der Waals surface area contributed by atoms with Crippen molar-refractivity contribution in [1.29, 1.82) is 0 Å². The van der Waals surface area contributed by atoms with Gasteiger partial charge >= 0.3 is 5.97 Å². The molecule has 2 aromatic heterocycles. The van der Waals surface area contributed by atoms with Crippen molar-refractivity contribution in [2.24, 2.45) is 0 Å². The van der Waals surface area contributed by atoms with E-state index in [1.807, 2.05) is 0 Å². The normalized spacial score (nSPS) is 9.94. The molecule has 17 heavy (non-hydrogen) atoms. The van der Waals surface area contributed by atoms with Gasteiger partial charge in [0.2, 0.25) is 11.8 Å². The van der Waals surface area contributed by atoms with E-state index in [1.54, 1.807) is 17.5 Å². The summed E-state index contributed by atoms with van der Waals surface area (Å²) in [4.78, 5) is 27.0. The van der Waals surface area contributed by atoms with Gasteiger partial charge in [-0.3, -0.25) is 15.2 Å². The number of rotatable bonds is 3. The van der Waals surface area contributed by atoms with Gasteiger partial charge in [-0.15, -0.1) is 16.4 Å². The van der Waals surface area contributed by atoms with Crippen molar-refractivity contribution in [3.63, 3.8) is 0 Å². The van der Waals surface area contributed by atoms with Gasteiger partial charge in [0.15, 0.2) is 0 Å². The monoisotopic (exact) mass is 252 g/mol. The Hall–Kier alpha value is -2.22. The van der Waals surface area contributed by atoms with Crippen molar-refractivity contribution in [3.8, 4) is 0 Å². The maximum atomic E-state index is 11.6. The van der Waals surface area contributed by atoms with Crippen molar-refractivity contribution in [2.45, 2.75) is 0 Å². The molecule has 2 heterocycles. The summed E-state index contributed by atoms with van der Waals surface area (Å²) >= 11 is 1.30. The van der Waals surface area contributed by atoms with Gasteiger partial charge in [-0.05, 0) is 11.4 Å². The molecule has 0 saturated heterocycles. The van der Waals surface area contributed by atoms with E-state index in [0.29, 0.717) is 4.88 Å². The zero-order valence-electron chi connectivity index (χ0n) is 8.76. The molecule has 0 saturated carbocycles. The third-order valence-corrected chi connectivity index (χ3v) is 2.70. The number of H-pyrrole nitrogens is 1. The molecule has 0 radical (unpaired) electrons. The first-order valence-electron chi connectivity index (χ1n) is 4.56.